The molecule has 1 N–H and O–H groups in total. The number of aliphatic hydroxyl groups is 1. The van der Waals surface area contributed by atoms with Gasteiger partial charge in [-0.25, -0.2) is 0 Å². The Morgan fingerprint density at radius 2 is 1.60 bits per heavy atom. The third-order valence-corrected chi connectivity index (χ3v) is 7.77. The lowest BCUT2D eigenvalue weighted by Crippen LogP contribution is -2.54. The molecule has 0 aromatic heterocycles. The van der Waals surface area contributed by atoms with Crippen LogP contribution in [-0.4, -0.2) is 69.9 Å². The molecule has 0 saturated carbocycles. The molecule has 1 unspecified atom stereocenters. The molecule has 0 amide bonds. The lowest BCUT2D eigenvalue weighted by Gasteiger charge is -2.45. The first-order chi connectivity index (χ1) is 20.8. The highest BCUT2D eigenvalue weighted by Crippen LogP contribution is 2.38. The van der Waals surface area contributed by atoms with Crippen LogP contribution in [0.1, 0.15) is 57.1 Å². The largest absolute Gasteiger partial charge is 0.497 e. The van der Waals surface area contributed by atoms with E-state index < -0.39 is 11.9 Å². The van der Waals surface area contributed by atoms with Crippen molar-refractivity contribution in [1.29, 1.82) is 0 Å². The molecule has 1 aliphatic heterocycles. The van der Waals surface area contributed by atoms with Gasteiger partial charge in [0.1, 0.15) is 17.6 Å². The maximum atomic E-state index is 11.0. The number of aliphatic hydroxyl groups excluding tert-OH is 1. The van der Waals surface area contributed by atoms with Crippen LogP contribution in [0.5, 0.6) is 11.5 Å². The van der Waals surface area contributed by atoms with Gasteiger partial charge >= 0.3 is 0 Å². The van der Waals surface area contributed by atoms with Crippen molar-refractivity contribution < 1.29 is 38.3 Å². The third-order valence-electron chi connectivity index (χ3n) is 7.77. The quantitative estimate of drug-likeness (QED) is 0.147. The predicted octanol–water partition coefficient (Wildman–Crippen LogP) is 6.40. The van der Waals surface area contributed by atoms with Crippen LogP contribution >= 0.6 is 0 Å². The van der Waals surface area contributed by atoms with E-state index >= 15 is 0 Å². The average Bonchev–Trinajstić information content (AvgIpc) is 3.04. The SMILES string of the molecule is C=C(/C=C/COCc1ccc(OC)cc1)[C@]1(OC)OC(C[C@@H](OCc2ccc(OC)cc2)[C@@H](C)OCCCC)CC[C@@H]1O. The van der Waals surface area contributed by atoms with Crippen LogP contribution in [0.15, 0.2) is 72.8 Å². The Labute approximate surface area is 257 Å². The minimum absolute atomic E-state index is 0.136. The Hall–Kier alpha value is -2.72. The van der Waals surface area contributed by atoms with Crippen molar-refractivity contribution in [2.75, 3.05) is 34.5 Å². The smallest absolute Gasteiger partial charge is 0.221 e. The minimum atomic E-state index is -1.36. The molecule has 3 rings (SSSR count). The molecule has 1 saturated heterocycles. The molecule has 1 aliphatic rings. The highest BCUT2D eigenvalue weighted by Gasteiger charge is 2.47. The van der Waals surface area contributed by atoms with Gasteiger partial charge in [0, 0.05) is 25.7 Å². The Morgan fingerprint density at radius 1 is 0.977 bits per heavy atom. The van der Waals surface area contributed by atoms with Gasteiger partial charge in [0.25, 0.3) is 0 Å². The predicted molar refractivity (Wildman–Crippen MR) is 167 cm³/mol. The van der Waals surface area contributed by atoms with Gasteiger partial charge in [-0.15, -0.1) is 0 Å². The Balaban J connectivity index is 1.61. The topological polar surface area (TPSA) is 84.8 Å². The number of hydrogen-bond acceptors (Lipinski definition) is 8. The number of ether oxygens (including phenoxy) is 7. The minimum Gasteiger partial charge on any atom is -0.497 e. The maximum absolute atomic E-state index is 11.0. The molecule has 2 aromatic carbocycles. The van der Waals surface area contributed by atoms with Crippen LogP contribution in [0, 0.1) is 0 Å². The van der Waals surface area contributed by atoms with Gasteiger partial charge in [0.2, 0.25) is 5.79 Å². The number of rotatable bonds is 19. The third kappa shape index (κ3) is 10.4. The van der Waals surface area contributed by atoms with E-state index in [-0.39, 0.29) is 18.3 Å². The molecule has 0 aliphatic carbocycles. The van der Waals surface area contributed by atoms with Crippen LogP contribution in [0.3, 0.4) is 0 Å². The molecule has 5 atom stereocenters. The normalized spacial score (nSPS) is 21.9. The summed E-state index contributed by atoms with van der Waals surface area (Å²) in [6, 6.07) is 15.6. The van der Waals surface area contributed by atoms with E-state index in [1.165, 1.54) is 0 Å². The van der Waals surface area contributed by atoms with E-state index in [0.29, 0.717) is 51.3 Å². The summed E-state index contributed by atoms with van der Waals surface area (Å²) < 4.78 is 41.2. The Bertz CT molecular complexity index is 1100. The fourth-order valence-corrected chi connectivity index (χ4v) is 5.06. The summed E-state index contributed by atoms with van der Waals surface area (Å²) in [5, 5.41) is 11.0. The first-order valence-corrected chi connectivity index (χ1v) is 15.2. The van der Waals surface area contributed by atoms with Crippen molar-refractivity contribution in [2.24, 2.45) is 0 Å². The summed E-state index contributed by atoms with van der Waals surface area (Å²) >= 11 is 0. The maximum Gasteiger partial charge on any atom is 0.221 e. The van der Waals surface area contributed by atoms with Crippen molar-refractivity contribution in [3.05, 3.63) is 84.0 Å². The lowest BCUT2D eigenvalue weighted by molar-refractivity contribution is -0.292. The van der Waals surface area contributed by atoms with E-state index in [2.05, 4.69) is 13.5 Å². The number of unbranched alkanes of at least 4 members (excludes halogenated alkanes) is 1. The highest BCUT2D eigenvalue weighted by atomic mass is 16.7. The lowest BCUT2D eigenvalue weighted by atomic mass is 9.90. The molecule has 0 radical (unpaired) electrons. The second-order valence-corrected chi connectivity index (χ2v) is 10.9. The number of methoxy groups -OCH3 is 3. The van der Waals surface area contributed by atoms with Crippen molar-refractivity contribution in [1.82, 2.24) is 0 Å². The van der Waals surface area contributed by atoms with Crippen LogP contribution in [0.4, 0.5) is 0 Å². The molecule has 8 nitrogen and oxygen atoms in total. The van der Waals surface area contributed by atoms with Gasteiger partial charge in [-0.05, 0) is 61.6 Å². The van der Waals surface area contributed by atoms with Crippen molar-refractivity contribution >= 4 is 0 Å². The molecule has 0 bridgehead atoms. The molecule has 8 heteroatoms. The summed E-state index contributed by atoms with van der Waals surface area (Å²) in [5.41, 5.74) is 2.63. The zero-order valence-electron chi connectivity index (χ0n) is 26.5. The average molecular weight is 599 g/mol. The fourth-order valence-electron chi connectivity index (χ4n) is 5.06. The van der Waals surface area contributed by atoms with Gasteiger partial charge in [0.15, 0.2) is 0 Å². The zero-order chi connectivity index (χ0) is 31.1. The number of hydrogen-bond donors (Lipinski definition) is 1. The monoisotopic (exact) mass is 598 g/mol. The van der Waals surface area contributed by atoms with E-state index in [0.717, 1.165) is 35.5 Å². The van der Waals surface area contributed by atoms with Crippen LogP contribution in [0.2, 0.25) is 0 Å². The van der Waals surface area contributed by atoms with Crippen molar-refractivity contribution in [3.8, 4) is 11.5 Å². The molecule has 1 fully saturated rings. The van der Waals surface area contributed by atoms with E-state index in [1.807, 2.05) is 61.5 Å². The summed E-state index contributed by atoms with van der Waals surface area (Å²) in [6.07, 6.45) is 6.04. The van der Waals surface area contributed by atoms with E-state index in [1.54, 1.807) is 27.4 Å². The fraction of sp³-hybridized carbons (Fsp3) is 0.543. The van der Waals surface area contributed by atoms with Crippen molar-refractivity contribution in [3.63, 3.8) is 0 Å². The second-order valence-electron chi connectivity index (χ2n) is 10.9. The van der Waals surface area contributed by atoms with Crippen LogP contribution < -0.4 is 9.47 Å². The van der Waals surface area contributed by atoms with Gasteiger partial charge in [-0.1, -0.05) is 56.3 Å². The van der Waals surface area contributed by atoms with E-state index in [4.69, 9.17) is 33.2 Å². The molecule has 238 valence electrons. The Kier molecular flexibility index (Phi) is 14.7. The molecule has 0 spiro atoms. The second kappa shape index (κ2) is 18.2. The molecule has 43 heavy (non-hydrogen) atoms. The van der Waals surface area contributed by atoms with Crippen molar-refractivity contribution in [2.45, 2.75) is 89.4 Å². The van der Waals surface area contributed by atoms with Gasteiger partial charge in [-0.2, -0.15) is 0 Å². The summed E-state index contributed by atoms with van der Waals surface area (Å²) in [5.74, 6) is 0.255. The first kappa shape index (κ1) is 34.8. The molecular formula is C35H50O8. The van der Waals surface area contributed by atoms with Crippen LogP contribution in [-0.2, 0) is 36.9 Å². The van der Waals surface area contributed by atoms with E-state index in [9.17, 15) is 5.11 Å². The summed E-state index contributed by atoms with van der Waals surface area (Å²) in [6.45, 7) is 10.3. The highest BCUT2D eigenvalue weighted by molar-refractivity contribution is 5.28. The van der Waals surface area contributed by atoms with Gasteiger partial charge in [0.05, 0.1) is 52.4 Å². The van der Waals surface area contributed by atoms with Gasteiger partial charge in [-0.3, -0.25) is 0 Å². The Morgan fingerprint density at radius 3 is 2.19 bits per heavy atom. The molecule has 2 aromatic rings. The molecule has 1 heterocycles. The van der Waals surface area contributed by atoms with Gasteiger partial charge < -0.3 is 38.3 Å². The summed E-state index contributed by atoms with van der Waals surface area (Å²) in [7, 11) is 4.84. The first-order valence-electron chi connectivity index (χ1n) is 15.2. The van der Waals surface area contributed by atoms with Crippen LogP contribution in [0.25, 0.3) is 0 Å². The number of benzene rings is 2. The zero-order valence-corrected chi connectivity index (χ0v) is 26.5. The molecular weight excluding hydrogens is 548 g/mol. The standard InChI is InChI=1S/C35H50O8/c1-7-8-22-41-27(3)33(42-25-29-13-17-31(38-5)18-14-29)23-32-19-20-34(36)35(39-6,43-32)26(2)10-9-21-40-24-28-11-15-30(37-4)16-12-28/h9-18,27,32-34,36H,2,7-8,19-25H2,1,3-6H3/b10-9+/t27-,32?,33-,34+,35+/m1/s1. The summed E-state index contributed by atoms with van der Waals surface area (Å²) in [4.78, 5) is 0.